The highest BCUT2D eigenvalue weighted by Crippen LogP contribution is 2.40. The highest BCUT2D eigenvalue weighted by molar-refractivity contribution is 7.80. The molecular weight excluding hydrogens is 428 g/mol. The van der Waals surface area contributed by atoms with Crippen LogP contribution in [0.3, 0.4) is 0 Å². The van der Waals surface area contributed by atoms with Crippen molar-refractivity contribution >= 4 is 28.9 Å². The number of hydrogen-bond acceptors (Lipinski definition) is 3. The van der Waals surface area contributed by atoms with Gasteiger partial charge in [-0.15, -0.1) is 0 Å². The summed E-state index contributed by atoms with van der Waals surface area (Å²) < 4.78 is 7.82. The Morgan fingerprint density at radius 3 is 2.77 bits per heavy atom. The molecule has 1 saturated heterocycles. The van der Waals surface area contributed by atoms with E-state index in [-0.39, 0.29) is 12.1 Å². The molecule has 0 amide bonds. The van der Waals surface area contributed by atoms with Gasteiger partial charge in [-0.1, -0.05) is 17.7 Å². The van der Waals surface area contributed by atoms with Crippen molar-refractivity contribution in [3.63, 3.8) is 0 Å². The lowest BCUT2D eigenvalue weighted by Gasteiger charge is -2.28. The van der Waals surface area contributed by atoms with Gasteiger partial charge < -0.3 is 19.2 Å². The molecule has 0 bridgehead atoms. The summed E-state index contributed by atoms with van der Waals surface area (Å²) >= 11 is 12.0. The molecule has 156 valence electrons. The van der Waals surface area contributed by atoms with Crippen molar-refractivity contribution in [3.05, 3.63) is 107 Å². The van der Waals surface area contributed by atoms with E-state index in [2.05, 4.69) is 44.2 Å². The fourth-order valence-corrected chi connectivity index (χ4v) is 4.54. The molecule has 3 aromatic heterocycles. The second kappa shape index (κ2) is 8.21. The summed E-state index contributed by atoms with van der Waals surface area (Å²) in [7, 11) is 0. The van der Waals surface area contributed by atoms with Crippen molar-refractivity contribution in [1.82, 2.24) is 19.8 Å². The zero-order chi connectivity index (χ0) is 21.4. The molecule has 4 aromatic rings. The van der Waals surface area contributed by atoms with Crippen molar-refractivity contribution in [2.24, 2.45) is 0 Å². The van der Waals surface area contributed by atoms with E-state index < -0.39 is 0 Å². The fraction of sp³-hybridized carbons (Fsp3) is 0.167. The topological polar surface area (TPSA) is 46.2 Å². The monoisotopic (exact) mass is 448 g/mol. The number of pyridine rings is 1. The van der Waals surface area contributed by atoms with Gasteiger partial charge in [-0.2, -0.15) is 0 Å². The normalized spacial score (nSPS) is 18.4. The van der Waals surface area contributed by atoms with Gasteiger partial charge in [0.2, 0.25) is 0 Å². The molecule has 0 spiro atoms. The number of halogens is 1. The molecule has 31 heavy (non-hydrogen) atoms. The molecule has 1 N–H and O–H groups in total. The summed E-state index contributed by atoms with van der Waals surface area (Å²) in [4.78, 5) is 6.78. The summed E-state index contributed by atoms with van der Waals surface area (Å²) in [5, 5.41) is 4.92. The minimum absolute atomic E-state index is 0.0708. The quantitative estimate of drug-likeness (QED) is 0.402. The van der Waals surface area contributed by atoms with Gasteiger partial charge >= 0.3 is 0 Å². The Hall–Kier alpha value is -3.09. The van der Waals surface area contributed by atoms with Crippen LogP contribution in [0.15, 0.2) is 83.7 Å². The van der Waals surface area contributed by atoms with E-state index in [1.54, 1.807) is 6.26 Å². The van der Waals surface area contributed by atoms with Crippen molar-refractivity contribution in [2.75, 3.05) is 0 Å². The molecule has 7 heteroatoms. The first-order valence-corrected chi connectivity index (χ1v) is 10.8. The predicted octanol–water partition coefficient (Wildman–Crippen LogP) is 5.60. The maximum absolute atomic E-state index is 6.27. The van der Waals surface area contributed by atoms with Crippen molar-refractivity contribution in [3.8, 4) is 5.69 Å². The van der Waals surface area contributed by atoms with E-state index >= 15 is 0 Å². The number of benzene rings is 1. The first-order valence-electron chi connectivity index (χ1n) is 10.1. The first kappa shape index (κ1) is 19.8. The Labute approximate surface area is 191 Å². The predicted molar refractivity (Wildman–Crippen MR) is 125 cm³/mol. The van der Waals surface area contributed by atoms with Gasteiger partial charge in [0.15, 0.2) is 5.11 Å². The van der Waals surface area contributed by atoms with Gasteiger partial charge in [0, 0.05) is 28.8 Å². The van der Waals surface area contributed by atoms with Crippen molar-refractivity contribution < 1.29 is 4.42 Å². The van der Waals surface area contributed by atoms with E-state index in [4.69, 9.17) is 28.2 Å². The summed E-state index contributed by atoms with van der Waals surface area (Å²) in [6.45, 7) is 2.58. The second-order valence-corrected chi connectivity index (χ2v) is 8.36. The SMILES string of the molecule is Cc1cc(-n2cccc2[C@H]2[C@H](c3ccccn3)NC(=S)N2Cc2ccco2)ccc1Cl. The molecule has 4 heterocycles. The molecule has 1 fully saturated rings. The molecule has 5 nitrogen and oxygen atoms in total. The summed E-state index contributed by atoms with van der Waals surface area (Å²) in [5.74, 6) is 0.858. The van der Waals surface area contributed by atoms with Gasteiger partial charge in [0.25, 0.3) is 0 Å². The van der Waals surface area contributed by atoms with Crippen LogP contribution in [0.5, 0.6) is 0 Å². The minimum Gasteiger partial charge on any atom is -0.467 e. The number of hydrogen-bond donors (Lipinski definition) is 1. The highest BCUT2D eigenvalue weighted by Gasteiger charge is 2.41. The molecule has 1 aromatic carbocycles. The Morgan fingerprint density at radius 2 is 2.03 bits per heavy atom. The molecule has 0 saturated carbocycles. The average Bonchev–Trinajstić information content (AvgIpc) is 3.52. The maximum atomic E-state index is 6.27. The van der Waals surface area contributed by atoms with Crippen LogP contribution in [-0.2, 0) is 6.54 Å². The smallest absolute Gasteiger partial charge is 0.170 e. The van der Waals surface area contributed by atoms with Gasteiger partial charge in [-0.05, 0) is 79.3 Å². The fourth-order valence-electron chi connectivity index (χ4n) is 4.12. The molecular formula is C24H21ClN4OS. The highest BCUT2D eigenvalue weighted by atomic mass is 35.5. The number of rotatable bonds is 5. The zero-order valence-corrected chi connectivity index (χ0v) is 18.5. The van der Waals surface area contributed by atoms with E-state index in [1.807, 2.05) is 55.6 Å². The van der Waals surface area contributed by atoms with Crippen LogP contribution in [0.4, 0.5) is 0 Å². The molecule has 0 aliphatic carbocycles. The van der Waals surface area contributed by atoms with Gasteiger partial charge in [-0.3, -0.25) is 4.98 Å². The molecule has 2 atom stereocenters. The molecule has 0 radical (unpaired) electrons. The largest absolute Gasteiger partial charge is 0.467 e. The second-order valence-electron chi connectivity index (χ2n) is 7.57. The lowest BCUT2D eigenvalue weighted by atomic mass is 10.0. The third-order valence-electron chi connectivity index (χ3n) is 5.61. The molecule has 0 unspecified atom stereocenters. The summed E-state index contributed by atoms with van der Waals surface area (Å²) in [5.41, 5.74) is 4.14. The zero-order valence-electron chi connectivity index (χ0n) is 16.9. The number of nitrogens with one attached hydrogen (secondary N) is 1. The minimum atomic E-state index is -0.0919. The van der Waals surface area contributed by atoms with Crippen LogP contribution < -0.4 is 5.32 Å². The van der Waals surface area contributed by atoms with Crippen LogP contribution in [-0.4, -0.2) is 19.6 Å². The molecule has 1 aliphatic heterocycles. The maximum Gasteiger partial charge on any atom is 0.170 e. The Bertz CT molecular complexity index is 1210. The van der Waals surface area contributed by atoms with Gasteiger partial charge in [-0.25, -0.2) is 0 Å². The van der Waals surface area contributed by atoms with Crippen LogP contribution in [0.1, 0.15) is 34.8 Å². The Balaban J connectivity index is 1.61. The lowest BCUT2D eigenvalue weighted by Crippen LogP contribution is -2.29. The van der Waals surface area contributed by atoms with E-state index in [0.717, 1.165) is 33.4 Å². The van der Waals surface area contributed by atoms with E-state index in [0.29, 0.717) is 11.7 Å². The van der Waals surface area contributed by atoms with Gasteiger partial charge in [0.1, 0.15) is 5.76 Å². The van der Waals surface area contributed by atoms with Crippen LogP contribution in [0, 0.1) is 6.92 Å². The number of aromatic nitrogens is 2. The third kappa shape index (κ3) is 3.73. The first-order chi connectivity index (χ1) is 15.1. The standard InChI is InChI=1S/C24H21ClN4OS/c1-16-14-17(9-10-19(16)25)28-12-4-8-21(28)23-22(20-7-2-3-11-26-20)27-24(31)29(23)15-18-6-5-13-30-18/h2-14,22-23H,15H2,1H3,(H,27,31)/t22-,23-/m0/s1. The number of nitrogens with zero attached hydrogens (tertiary/aromatic N) is 3. The number of aryl methyl sites for hydroxylation is 1. The van der Waals surface area contributed by atoms with Gasteiger partial charge in [0.05, 0.1) is 30.6 Å². The number of thiocarbonyl (C=S) groups is 1. The Morgan fingerprint density at radius 1 is 1.13 bits per heavy atom. The Kier molecular flexibility index (Phi) is 5.26. The lowest BCUT2D eigenvalue weighted by molar-refractivity contribution is 0.280. The molecule has 5 rings (SSSR count). The van der Waals surface area contributed by atoms with E-state index in [9.17, 15) is 0 Å². The average molecular weight is 449 g/mol. The van der Waals surface area contributed by atoms with Crippen molar-refractivity contribution in [1.29, 1.82) is 0 Å². The molecule has 1 aliphatic rings. The summed E-state index contributed by atoms with van der Waals surface area (Å²) in [6.07, 6.45) is 5.57. The van der Waals surface area contributed by atoms with Crippen molar-refractivity contribution in [2.45, 2.75) is 25.6 Å². The van der Waals surface area contributed by atoms with Crippen LogP contribution in [0.25, 0.3) is 5.69 Å². The van der Waals surface area contributed by atoms with Crippen LogP contribution >= 0.6 is 23.8 Å². The number of furan rings is 1. The van der Waals surface area contributed by atoms with E-state index in [1.165, 1.54) is 0 Å². The van der Waals surface area contributed by atoms with Crippen LogP contribution in [0.2, 0.25) is 5.02 Å². The third-order valence-corrected chi connectivity index (χ3v) is 6.38. The summed E-state index contributed by atoms with van der Waals surface area (Å²) in [6, 6.07) is 19.9.